The number of hydrogen-bond donors (Lipinski definition) is 0. The molecular weight excluding hydrogens is 336 g/mol. The number of likely N-dealkylation sites (N-methyl/N-ethyl adjacent to an activating group) is 1. The number of nitrogens with zero attached hydrogens (tertiary/aromatic N) is 2. The minimum absolute atomic E-state index is 0.0143. The zero-order chi connectivity index (χ0) is 18.1. The summed E-state index contributed by atoms with van der Waals surface area (Å²) in [5, 5.41) is 0.0143. The van der Waals surface area contributed by atoms with E-state index in [4.69, 9.17) is 11.6 Å². The number of carbonyl (C=O) groups excluding carboxylic acids is 2. The van der Waals surface area contributed by atoms with Crippen LogP contribution in [0.2, 0.25) is 0 Å². The van der Waals surface area contributed by atoms with Gasteiger partial charge in [0.15, 0.2) is 5.78 Å². The molecule has 0 N–H and O–H groups in total. The maximum absolute atomic E-state index is 12.8. The van der Waals surface area contributed by atoms with Crippen molar-refractivity contribution >= 4 is 34.5 Å². The first kappa shape index (κ1) is 17.2. The van der Waals surface area contributed by atoms with Gasteiger partial charge in [-0.3, -0.25) is 9.59 Å². The van der Waals surface area contributed by atoms with Gasteiger partial charge in [-0.25, -0.2) is 0 Å². The highest BCUT2D eigenvalue weighted by molar-refractivity contribution is 6.50. The third-order valence-electron chi connectivity index (χ3n) is 4.36. The highest BCUT2D eigenvalue weighted by Gasteiger charge is 2.31. The number of carbonyl (C=O) groups is 2. The van der Waals surface area contributed by atoms with Gasteiger partial charge >= 0.3 is 0 Å². The Morgan fingerprint density at radius 3 is 1.88 bits per heavy atom. The molecule has 0 aromatic heterocycles. The van der Waals surface area contributed by atoms with Crippen molar-refractivity contribution in [2.45, 2.75) is 0 Å². The number of hydrogen-bond acceptors (Lipinski definition) is 4. The Labute approximate surface area is 152 Å². The van der Waals surface area contributed by atoms with Crippen molar-refractivity contribution in [2.75, 3.05) is 37.5 Å². The first-order chi connectivity index (χ1) is 11.9. The number of fused-ring (bicyclic) bond motifs is 1. The van der Waals surface area contributed by atoms with Gasteiger partial charge in [0.25, 0.3) is 0 Å². The summed E-state index contributed by atoms with van der Waals surface area (Å²) < 4.78 is 0. The van der Waals surface area contributed by atoms with Crippen LogP contribution in [0.5, 0.6) is 0 Å². The van der Waals surface area contributed by atoms with Crippen molar-refractivity contribution in [1.82, 2.24) is 0 Å². The molecule has 1 aliphatic rings. The smallest absolute Gasteiger partial charge is 0.205 e. The molecule has 0 radical (unpaired) electrons. The highest BCUT2D eigenvalue weighted by Crippen LogP contribution is 2.30. The number of ketones is 2. The molecule has 0 unspecified atom stereocenters. The van der Waals surface area contributed by atoms with Gasteiger partial charge in [0.2, 0.25) is 5.78 Å². The van der Waals surface area contributed by atoms with E-state index in [2.05, 4.69) is 0 Å². The second kappa shape index (κ2) is 6.73. The van der Waals surface area contributed by atoms with Gasteiger partial charge in [-0.15, -0.1) is 0 Å². The Bertz CT molecular complexity index is 870. The Kier molecular flexibility index (Phi) is 4.64. The average Bonchev–Trinajstić information content (AvgIpc) is 2.63. The molecule has 0 saturated heterocycles. The standard InChI is InChI=1S/C20H19ClN2O2/c1-22(2)13-8-10-14(11-9-13)23(3)12-17-18(21)20(25)16-7-5-4-6-15(16)19(17)24/h4-11H,12H2,1-3H3. The number of anilines is 2. The van der Waals surface area contributed by atoms with E-state index in [9.17, 15) is 9.59 Å². The summed E-state index contributed by atoms with van der Waals surface area (Å²) in [6.07, 6.45) is 0. The lowest BCUT2D eigenvalue weighted by molar-refractivity contribution is 0.0979. The Morgan fingerprint density at radius 1 is 0.800 bits per heavy atom. The molecule has 2 aromatic carbocycles. The topological polar surface area (TPSA) is 40.6 Å². The molecule has 128 valence electrons. The Balaban J connectivity index is 1.88. The predicted molar refractivity (Wildman–Crippen MR) is 102 cm³/mol. The molecule has 4 nitrogen and oxygen atoms in total. The van der Waals surface area contributed by atoms with Crippen LogP contribution in [0.15, 0.2) is 59.1 Å². The average molecular weight is 355 g/mol. The van der Waals surface area contributed by atoms with E-state index >= 15 is 0 Å². The highest BCUT2D eigenvalue weighted by atomic mass is 35.5. The van der Waals surface area contributed by atoms with Crippen LogP contribution >= 0.6 is 11.6 Å². The summed E-state index contributed by atoms with van der Waals surface area (Å²) >= 11 is 6.23. The van der Waals surface area contributed by atoms with Crippen molar-refractivity contribution in [3.05, 3.63) is 70.3 Å². The minimum Gasteiger partial charge on any atom is -0.378 e. The number of Topliss-reactive ketones (excluding diaryl/α,β-unsaturated/α-hetero) is 2. The van der Waals surface area contributed by atoms with E-state index in [1.54, 1.807) is 24.3 Å². The second-order valence-corrected chi connectivity index (χ2v) is 6.64. The van der Waals surface area contributed by atoms with Crippen molar-refractivity contribution in [3.8, 4) is 0 Å². The molecule has 0 spiro atoms. The quantitative estimate of drug-likeness (QED) is 0.838. The first-order valence-electron chi connectivity index (χ1n) is 7.95. The maximum Gasteiger partial charge on any atom is 0.205 e. The van der Waals surface area contributed by atoms with Crippen LogP contribution in [-0.2, 0) is 0 Å². The van der Waals surface area contributed by atoms with Crippen LogP contribution < -0.4 is 9.80 Å². The number of allylic oxidation sites excluding steroid dienone is 1. The zero-order valence-corrected chi connectivity index (χ0v) is 15.2. The summed E-state index contributed by atoms with van der Waals surface area (Å²) in [5.41, 5.74) is 3.17. The SMILES string of the molecule is CN(C)c1ccc(N(C)CC2=C(Cl)C(=O)c3ccccc3C2=O)cc1. The summed E-state index contributed by atoms with van der Waals surface area (Å²) in [4.78, 5) is 29.1. The number of benzene rings is 2. The first-order valence-corrected chi connectivity index (χ1v) is 8.33. The molecule has 2 aromatic rings. The van der Waals surface area contributed by atoms with E-state index in [1.807, 2.05) is 55.2 Å². The molecule has 0 fully saturated rings. The van der Waals surface area contributed by atoms with Crippen LogP contribution in [-0.4, -0.2) is 39.3 Å². The molecule has 0 saturated carbocycles. The van der Waals surface area contributed by atoms with Crippen molar-refractivity contribution in [3.63, 3.8) is 0 Å². The third-order valence-corrected chi connectivity index (χ3v) is 4.76. The van der Waals surface area contributed by atoms with E-state index in [1.165, 1.54) is 0 Å². The molecule has 0 amide bonds. The van der Waals surface area contributed by atoms with E-state index in [0.29, 0.717) is 16.7 Å². The fraction of sp³-hybridized carbons (Fsp3) is 0.200. The van der Waals surface area contributed by atoms with Crippen LogP contribution in [0.4, 0.5) is 11.4 Å². The third kappa shape index (κ3) is 3.17. The van der Waals surface area contributed by atoms with Gasteiger partial charge in [0, 0.05) is 55.8 Å². The minimum atomic E-state index is -0.289. The molecule has 0 aliphatic heterocycles. The molecular formula is C20H19ClN2O2. The van der Waals surface area contributed by atoms with Crippen LogP contribution in [0, 0.1) is 0 Å². The summed E-state index contributed by atoms with van der Waals surface area (Å²) in [7, 11) is 5.83. The summed E-state index contributed by atoms with van der Waals surface area (Å²) in [5.74, 6) is -0.472. The molecule has 0 bridgehead atoms. The molecule has 5 heteroatoms. The largest absolute Gasteiger partial charge is 0.378 e. The van der Waals surface area contributed by atoms with Crippen LogP contribution in [0.3, 0.4) is 0 Å². The van der Waals surface area contributed by atoms with Gasteiger partial charge in [-0.2, -0.15) is 0 Å². The lowest BCUT2D eigenvalue weighted by Gasteiger charge is -2.24. The lowest BCUT2D eigenvalue weighted by atomic mass is 9.89. The molecule has 0 atom stereocenters. The fourth-order valence-corrected chi connectivity index (χ4v) is 3.12. The monoisotopic (exact) mass is 354 g/mol. The fourth-order valence-electron chi connectivity index (χ4n) is 2.87. The van der Waals surface area contributed by atoms with Gasteiger partial charge in [0.05, 0.1) is 5.03 Å². The summed E-state index contributed by atoms with van der Waals surface area (Å²) in [6.45, 7) is 0.277. The lowest BCUT2D eigenvalue weighted by Crippen LogP contribution is -2.29. The number of rotatable bonds is 4. The van der Waals surface area contributed by atoms with Crippen molar-refractivity contribution in [2.24, 2.45) is 0 Å². The van der Waals surface area contributed by atoms with E-state index in [-0.39, 0.29) is 23.1 Å². The van der Waals surface area contributed by atoms with Crippen molar-refractivity contribution < 1.29 is 9.59 Å². The van der Waals surface area contributed by atoms with Crippen molar-refractivity contribution in [1.29, 1.82) is 0 Å². The molecule has 25 heavy (non-hydrogen) atoms. The number of halogens is 1. The molecule has 3 rings (SSSR count). The van der Waals surface area contributed by atoms with E-state index in [0.717, 1.165) is 11.4 Å². The second-order valence-electron chi connectivity index (χ2n) is 6.26. The predicted octanol–water partition coefficient (Wildman–Crippen LogP) is 3.76. The molecule has 1 aliphatic carbocycles. The van der Waals surface area contributed by atoms with Gasteiger partial charge < -0.3 is 9.80 Å². The summed E-state index contributed by atoms with van der Waals surface area (Å²) in [6, 6.07) is 14.8. The van der Waals surface area contributed by atoms with Gasteiger partial charge in [-0.1, -0.05) is 35.9 Å². The molecule has 0 heterocycles. The normalized spacial score (nSPS) is 13.8. The van der Waals surface area contributed by atoms with Crippen LogP contribution in [0.1, 0.15) is 20.7 Å². The zero-order valence-electron chi connectivity index (χ0n) is 14.4. The van der Waals surface area contributed by atoms with Gasteiger partial charge in [-0.05, 0) is 24.3 Å². The maximum atomic E-state index is 12.8. The Morgan fingerprint density at radius 2 is 1.32 bits per heavy atom. The van der Waals surface area contributed by atoms with E-state index < -0.39 is 0 Å². The van der Waals surface area contributed by atoms with Gasteiger partial charge in [0.1, 0.15) is 0 Å². The Hall–Kier alpha value is -2.59. The van der Waals surface area contributed by atoms with Crippen LogP contribution in [0.25, 0.3) is 0 Å².